The van der Waals surface area contributed by atoms with Crippen LogP contribution >= 0.6 is 0 Å². The van der Waals surface area contributed by atoms with Crippen LogP contribution in [0, 0.1) is 0 Å². The van der Waals surface area contributed by atoms with Crippen LogP contribution < -0.4 is 5.32 Å². The Morgan fingerprint density at radius 2 is 1.82 bits per heavy atom. The molecular weight excluding hydrogens is 214 g/mol. The van der Waals surface area contributed by atoms with E-state index in [9.17, 15) is 0 Å². The monoisotopic (exact) mass is 237 g/mol. The van der Waals surface area contributed by atoms with E-state index < -0.39 is 0 Å². The summed E-state index contributed by atoms with van der Waals surface area (Å²) in [6, 6.07) is 10.5. The summed E-state index contributed by atoms with van der Waals surface area (Å²) in [5.74, 6) is 0. The highest BCUT2D eigenvalue weighted by Gasteiger charge is 2.19. The number of methoxy groups -OCH3 is 1. The van der Waals surface area contributed by atoms with Crippen molar-refractivity contribution in [3.05, 3.63) is 35.9 Å². The van der Waals surface area contributed by atoms with Crippen LogP contribution in [0.4, 0.5) is 0 Å². The van der Waals surface area contributed by atoms with E-state index in [1.54, 1.807) is 7.11 Å². The predicted molar refractivity (Wildman–Crippen MR) is 70.1 cm³/mol. The molecule has 0 aromatic heterocycles. The van der Waals surface area contributed by atoms with Crippen molar-refractivity contribution < 1.29 is 9.47 Å². The molecule has 1 aromatic rings. The molecule has 0 heterocycles. The first-order valence-corrected chi connectivity index (χ1v) is 6.05. The molecule has 0 amide bonds. The van der Waals surface area contributed by atoms with Crippen LogP contribution in [0.15, 0.2) is 30.3 Å². The Bertz CT molecular complexity index is 302. The van der Waals surface area contributed by atoms with Gasteiger partial charge in [-0.1, -0.05) is 30.3 Å². The van der Waals surface area contributed by atoms with Crippen LogP contribution in [-0.4, -0.2) is 33.0 Å². The van der Waals surface area contributed by atoms with Gasteiger partial charge in [0.25, 0.3) is 0 Å². The Balaban J connectivity index is 2.61. The summed E-state index contributed by atoms with van der Waals surface area (Å²) in [5, 5.41) is 3.30. The molecule has 0 aliphatic rings. The van der Waals surface area contributed by atoms with Gasteiger partial charge < -0.3 is 14.8 Å². The summed E-state index contributed by atoms with van der Waals surface area (Å²) in [6.45, 7) is 4.73. The minimum Gasteiger partial charge on any atom is -0.382 e. The topological polar surface area (TPSA) is 30.5 Å². The van der Waals surface area contributed by atoms with Gasteiger partial charge in [0.05, 0.1) is 24.9 Å². The molecule has 17 heavy (non-hydrogen) atoms. The van der Waals surface area contributed by atoms with Crippen molar-refractivity contribution in [2.45, 2.75) is 32.1 Å². The van der Waals surface area contributed by atoms with Gasteiger partial charge in [-0.15, -0.1) is 0 Å². The Morgan fingerprint density at radius 1 is 1.18 bits per heavy atom. The van der Waals surface area contributed by atoms with Crippen molar-refractivity contribution in [1.29, 1.82) is 0 Å². The normalized spacial score (nSPS) is 16.5. The third-order valence-corrected chi connectivity index (χ3v) is 2.79. The second-order valence-electron chi connectivity index (χ2n) is 4.28. The Kier molecular flexibility index (Phi) is 6.19. The number of likely N-dealkylation sites (N-methyl/N-ethyl adjacent to an activating group) is 1. The first-order valence-electron chi connectivity index (χ1n) is 6.05. The van der Waals surface area contributed by atoms with Gasteiger partial charge in [0.15, 0.2) is 0 Å². The van der Waals surface area contributed by atoms with E-state index in [1.165, 1.54) is 5.56 Å². The first kappa shape index (κ1) is 14.2. The second-order valence-corrected chi connectivity index (χ2v) is 4.28. The SMILES string of the molecule is CNC(c1ccccc1)C(C)OC(C)COC. The summed E-state index contributed by atoms with van der Waals surface area (Å²) in [6.07, 6.45) is 0.210. The van der Waals surface area contributed by atoms with Gasteiger partial charge in [0, 0.05) is 7.11 Å². The lowest BCUT2D eigenvalue weighted by molar-refractivity contribution is -0.0448. The summed E-state index contributed by atoms with van der Waals surface area (Å²) >= 11 is 0. The molecule has 0 saturated carbocycles. The van der Waals surface area contributed by atoms with Crippen molar-refractivity contribution in [2.75, 3.05) is 20.8 Å². The minimum absolute atomic E-state index is 0.104. The van der Waals surface area contributed by atoms with E-state index in [-0.39, 0.29) is 18.2 Å². The fraction of sp³-hybridized carbons (Fsp3) is 0.571. The number of benzene rings is 1. The smallest absolute Gasteiger partial charge is 0.0784 e. The molecular formula is C14H23NO2. The zero-order chi connectivity index (χ0) is 12.7. The van der Waals surface area contributed by atoms with E-state index in [0.29, 0.717) is 6.61 Å². The summed E-state index contributed by atoms with van der Waals surface area (Å²) in [7, 11) is 3.65. The summed E-state index contributed by atoms with van der Waals surface area (Å²) in [4.78, 5) is 0. The molecule has 1 N–H and O–H groups in total. The van der Waals surface area contributed by atoms with Gasteiger partial charge >= 0.3 is 0 Å². The number of hydrogen-bond donors (Lipinski definition) is 1. The van der Waals surface area contributed by atoms with E-state index >= 15 is 0 Å². The highest BCUT2D eigenvalue weighted by molar-refractivity contribution is 5.19. The molecule has 0 bridgehead atoms. The molecule has 1 aromatic carbocycles. The maximum atomic E-state index is 5.91. The minimum atomic E-state index is 0.104. The molecule has 0 fully saturated rings. The van der Waals surface area contributed by atoms with Crippen LogP contribution in [0.25, 0.3) is 0 Å². The number of ether oxygens (including phenoxy) is 2. The quantitative estimate of drug-likeness (QED) is 0.790. The fourth-order valence-electron chi connectivity index (χ4n) is 2.05. The van der Waals surface area contributed by atoms with Crippen LogP contribution in [-0.2, 0) is 9.47 Å². The molecule has 0 saturated heterocycles. The molecule has 3 nitrogen and oxygen atoms in total. The molecule has 3 unspecified atom stereocenters. The van der Waals surface area contributed by atoms with Gasteiger partial charge in [-0.25, -0.2) is 0 Å². The molecule has 0 aliphatic carbocycles. The predicted octanol–water partition coefficient (Wildman–Crippen LogP) is 2.39. The average molecular weight is 237 g/mol. The van der Waals surface area contributed by atoms with Crippen molar-refractivity contribution >= 4 is 0 Å². The molecule has 96 valence electrons. The maximum absolute atomic E-state index is 5.91. The zero-order valence-electron chi connectivity index (χ0n) is 11.1. The highest BCUT2D eigenvalue weighted by Crippen LogP contribution is 2.19. The van der Waals surface area contributed by atoms with E-state index in [1.807, 2.05) is 32.2 Å². The molecule has 1 rings (SSSR count). The van der Waals surface area contributed by atoms with Crippen molar-refractivity contribution in [3.63, 3.8) is 0 Å². The van der Waals surface area contributed by atoms with Crippen LogP contribution in [0.3, 0.4) is 0 Å². The lowest BCUT2D eigenvalue weighted by atomic mass is 10.0. The van der Waals surface area contributed by atoms with Crippen LogP contribution in [0.1, 0.15) is 25.5 Å². The molecule has 0 radical (unpaired) electrons. The Hall–Kier alpha value is -0.900. The van der Waals surface area contributed by atoms with Gasteiger partial charge in [0.2, 0.25) is 0 Å². The van der Waals surface area contributed by atoms with E-state index in [2.05, 4.69) is 24.4 Å². The third-order valence-electron chi connectivity index (χ3n) is 2.79. The molecule has 0 aliphatic heterocycles. The second kappa shape index (κ2) is 7.43. The van der Waals surface area contributed by atoms with E-state index in [0.717, 1.165) is 0 Å². The van der Waals surface area contributed by atoms with Gasteiger partial charge in [-0.3, -0.25) is 0 Å². The van der Waals surface area contributed by atoms with Gasteiger partial charge in [0.1, 0.15) is 0 Å². The molecule has 3 heteroatoms. The lowest BCUT2D eigenvalue weighted by Crippen LogP contribution is -2.33. The number of hydrogen-bond acceptors (Lipinski definition) is 3. The molecule has 3 atom stereocenters. The Morgan fingerprint density at radius 3 is 2.35 bits per heavy atom. The lowest BCUT2D eigenvalue weighted by Gasteiger charge is -2.27. The highest BCUT2D eigenvalue weighted by atomic mass is 16.5. The fourth-order valence-corrected chi connectivity index (χ4v) is 2.05. The first-order chi connectivity index (χ1) is 8.19. The number of rotatable bonds is 7. The number of nitrogens with one attached hydrogen (secondary N) is 1. The van der Waals surface area contributed by atoms with Gasteiger partial charge in [-0.2, -0.15) is 0 Å². The van der Waals surface area contributed by atoms with Crippen molar-refractivity contribution in [1.82, 2.24) is 5.32 Å². The van der Waals surface area contributed by atoms with Crippen LogP contribution in [0.2, 0.25) is 0 Å². The largest absolute Gasteiger partial charge is 0.382 e. The summed E-state index contributed by atoms with van der Waals surface area (Å²) in [5.41, 5.74) is 1.24. The zero-order valence-corrected chi connectivity index (χ0v) is 11.1. The molecule has 0 spiro atoms. The third kappa shape index (κ3) is 4.46. The van der Waals surface area contributed by atoms with Gasteiger partial charge in [-0.05, 0) is 26.5 Å². The van der Waals surface area contributed by atoms with Crippen molar-refractivity contribution in [3.8, 4) is 0 Å². The van der Waals surface area contributed by atoms with E-state index in [4.69, 9.17) is 9.47 Å². The Labute approximate surface area is 104 Å². The van der Waals surface area contributed by atoms with Crippen molar-refractivity contribution in [2.24, 2.45) is 0 Å². The standard InChI is InChI=1S/C14H23NO2/c1-11(10-16-4)17-12(2)14(15-3)13-8-6-5-7-9-13/h5-9,11-12,14-15H,10H2,1-4H3. The maximum Gasteiger partial charge on any atom is 0.0784 e. The summed E-state index contributed by atoms with van der Waals surface area (Å²) < 4.78 is 11.0. The van der Waals surface area contributed by atoms with Crippen LogP contribution in [0.5, 0.6) is 0 Å². The average Bonchev–Trinajstić information content (AvgIpc) is 2.31.